The lowest BCUT2D eigenvalue weighted by Crippen LogP contribution is -2.75. The maximum Gasteiger partial charge on any atom is 0.169 e. The van der Waals surface area contributed by atoms with E-state index in [1.807, 2.05) is 0 Å². The van der Waals surface area contributed by atoms with Crippen LogP contribution >= 0.6 is 12.9 Å². The van der Waals surface area contributed by atoms with Gasteiger partial charge in [0.15, 0.2) is 5.69 Å². The third-order valence-corrected chi connectivity index (χ3v) is 3.33. The van der Waals surface area contributed by atoms with E-state index in [0.29, 0.717) is 0 Å². The molecule has 14 heavy (non-hydrogen) atoms. The molecule has 0 saturated carbocycles. The minimum Gasteiger partial charge on any atom is -0.156 e. The van der Waals surface area contributed by atoms with Gasteiger partial charge in [-0.1, -0.05) is 0 Å². The molecule has 0 bridgehead atoms. The van der Waals surface area contributed by atoms with Gasteiger partial charge in [0.2, 0.25) is 0 Å². The van der Waals surface area contributed by atoms with Crippen LogP contribution in [0.15, 0.2) is 0 Å². The predicted octanol–water partition coefficient (Wildman–Crippen LogP) is 2.20. The van der Waals surface area contributed by atoms with Gasteiger partial charge in [-0.3, -0.25) is 0 Å². The molecule has 1 rings (SSSR count). The summed E-state index contributed by atoms with van der Waals surface area (Å²) in [5.41, 5.74) is 9.46. The molecule has 0 saturated heterocycles. The molecule has 2 N–H and O–H groups in total. The summed E-state index contributed by atoms with van der Waals surface area (Å²) in [7, 11) is 0. The van der Waals surface area contributed by atoms with Crippen molar-refractivity contribution in [1.82, 2.24) is 0 Å². The van der Waals surface area contributed by atoms with E-state index in [1.165, 1.54) is 27.8 Å². The lowest BCUT2D eigenvalue weighted by Gasteiger charge is -2.14. The van der Waals surface area contributed by atoms with Crippen LogP contribution in [0.2, 0.25) is 0 Å². The Morgan fingerprint density at radius 2 is 1.14 bits per heavy atom. The summed E-state index contributed by atoms with van der Waals surface area (Å²) in [6.07, 6.45) is 0. The van der Waals surface area contributed by atoms with Gasteiger partial charge in [0.1, 0.15) is 0 Å². The number of quaternary nitrogens is 1. The molecule has 0 heterocycles. The van der Waals surface area contributed by atoms with E-state index in [4.69, 9.17) is 4.28 Å². The Labute approximate surface area is 91.2 Å². The van der Waals surface area contributed by atoms with Crippen LogP contribution in [0.3, 0.4) is 0 Å². The van der Waals surface area contributed by atoms with Crippen LogP contribution < -0.4 is 5.48 Å². The fourth-order valence-corrected chi connectivity index (χ4v) is 1.86. The third kappa shape index (κ3) is 1.80. The summed E-state index contributed by atoms with van der Waals surface area (Å²) in [4.78, 5) is 0. The first-order chi connectivity index (χ1) is 6.50. The molecule has 1 aromatic rings. The molecule has 0 unspecified atom stereocenters. The lowest BCUT2D eigenvalue weighted by molar-refractivity contribution is -0.791. The molecular formula is C11H18NOS+. The minimum atomic E-state index is 1.15. The fourth-order valence-electron chi connectivity index (χ4n) is 1.76. The van der Waals surface area contributed by atoms with Gasteiger partial charge in [0.25, 0.3) is 0 Å². The smallest absolute Gasteiger partial charge is 0.156 e. The minimum absolute atomic E-state index is 1.15. The highest BCUT2D eigenvalue weighted by molar-refractivity contribution is 7.74. The molecule has 0 aliphatic heterocycles. The largest absolute Gasteiger partial charge is 0.169 e. The lowest BCUT2D eigenvalue weighted by atomic mass is 9.93. The predicted molar refractivity (Wildman–Crippen MR) is 61.8 cm³/mol. The average molecular weight is 212 g/mol. The average Bonchev–Trinajstić information content (AvgIpc) is 2.19. The first-order valence-corrected chi connectivity index (χ1v) is 5.07. The van der Waals surface area contributed by atoms with E-state index in [-0.39, 0.29) is 0 Å². The van der Waals surface area contributed by atoms with Gasteiger partial charge in [-0.25, -0.2) is 0 Å². The highest BCUT2D eigenvalue weighted by Gasteiger charge is 2.15. The second-order valence-electron chi connectivity index (χ2n) is 3.76. The molecule has 0 radical (unpaired) electrons. The Kier molecular flexibility index (Phi) is 3.59. The molecule has 3 heteroatoms. The van der Waals surface area contributed by atoms with Crippen molar-refractivity contribution in [1.29, 1.82) is 0 Å². The maximum absolute atomic E-state index is 4.81. The van der Waals surface area contributed by atoms with E-state index in [1.54, 1.807) is 5.48 Å². The normalized spacial score (nSPS) is 10.7. The number of thiol groups is 1. The number of nitrogens with two attached hydrogens (primary N) is 1. The van der Waals surface area contributed by atoms with Crippen LogP contribution in [-0.2, 0) is 4.28 Å². The van der Waals surface area contributed by atoms with Crippen LogP contribution in [0.4, 0.5) is 5.69 Å². The van der Waals surface area contributed by atoms with Gasteiger partial charge in [-0.05, 0) is 51.3 Å². The Morgan fingerprint density at radius 1 is 0.786 bits per heavy atom. The molecule has 0 amide bonds. The first-order valence-electron chi connectivity index (χ1n) is 4.71. The van der Waals surface area contributed by atoms with Gasteiger partial charge in [0, 0.05) is 24.0 Å². The Balaban J connectivity index is 3.43. The van der Waals surface area contributed by atoms with E-state index in [2.05, 4.69) is 47.5 Å². The van der Waals surface area contributed by atoms with E-state index in [9.17, 15) is 0 Å². The summed E-state index contributed by atoms with van der Waals surface area (Å²) in [6, 6.07) is 0. The molecular weight excluding hydrogens is 194 g/mol. The van der Waals surface area contributed by atoms with Crippen LogP contribution in [-0.4, -0.2) is 0 Å². The van der Waals surface area contributed by atoms with Gasteiger partial charge < -0.3 is 0 Å². The number of rotatable bonds is 2. The molecule has 0 aliphatic rings. The summed E-state index contributed by atoms with van der Waals surface area (Å²) < 4.78 is 4.81. The number of hydrogen-bond acceptors (Lipinski definition) is 2. The van der Waals surface area contributed by atoms with Crippen LogP contribution in [0.1, 0.15) is 27.8 Å². The summed E-state index contributed by atoms with van der Waals surface area (Å²) in [6.45, 7) is 10.7. The summed E-state index contributed by atoms with van der Waals surface area (Å²) in [5, 5.41) is 0. The second-order valence-corrected chi connectivity index (χ2v) is 3.97. The zero-order valence-corrected chi connectivity index (χ0v) is 10.3. The molecule has 0 atom stereocenters. The van der Waals surface area contributed by atoms with Crippen molar-refractivity contribution < 1.29 is 9.76 Å². The number of hydrogen-bond donors (Lipinski definition) is 2. The molecule has 0 fully saturated rings. The zero-order valence-electron chi connectivity index (χ0n) is 9.43. The third-order valence-electron chi connectivity index (χ3n) is 3.23. The van der Waals surface area contributed by atoms with Gasteiger partial charge >= 0.3 is 0 Å². The van der Waals surface area contributed by atoms with Crippen molar-refractivity contribution in [3.63, 3.8) is 0 Å². The first kappa shape index (κ1) is 11.6. The van der Waals surface area contributed by atoms with E-state index < -0.39 is 0 Å². The summed E-state index contributed by atoms with van der Waals surface area (Å²) in [5.74, 6) is 0. The SMILES string of the molecule is Cc1c(C)c(C)c([NH2+]OS)c(C)c1C. The highest BCUT2D eigenvalue weighted by Crippen LogP contribution is 2.26. The Hall–Kier alpha value is -0.510. The van der Waals surface area contributed by atoms with Gasteiger partial charge in [0.05, 0.1) is 0 Å². The Bertz CT molecular complexity index is 332. The molecule has 78 valence electrons. The summed E-state index contributed by atoms with van der Waals surface area (Å²) >= 11 is 3.77. The molecule has 0 spiro atoms. The second kappa shape index (κ2) is 4.34. The van der Waals surface area contributed by atoms with Crippen molar-refractivity contribution in [2.75, 3.05) is 0 Å². The van der Waals surface area contributed by atoms with Crippen LogP contribution in [0.5, 0.6) is 0 Å². The Morgan fingerprint density at radius 3 is 1.50 bits per heavy atom. The van der Waals surface area contributed by atoms with Crippen molar-refractivity contribution in [2.24, 2.45) is 0 Å². The standard InChI is InChI=1S/C11H17NOS/c1-6-7(2)9(4)11(12-13-14)10(5)8(6)3/h12,14H,1-5H3/p+1. The molecule has 1 aromatic carbocycles. The van der Waals surface area contributed by atoms with E-state index in [0.717, 1.165) is 5.69 Å². The topological polar surface area (TPSA) is 25.8 Å². The zero-order chi connectivity index (χ0) is 10.9. The quantitative estimate of drug-likeness (QED) is 0.334. The van der Waals surface area contributed by atoms with Crippen LogP contribution in [0, 0.1) is 34.6 Å². The maximum atomic E-state index is 4.81. The van der Waals surface area contributed by atoms with Crippen molar-refractivity contribution in [2.45, 2.75) is 34.6 Å². The highest BCUT2D eigenvalue weighted by atomic mass is 32.1. The number of benzene rings is 1. The van der Waals surface area contributed by atoms with Gasteiger partial charge in [-0.15, -0.1) is 4.28 Å². The molecule has 2 nitrogen and oxygen atoms in total. The van der Waals surface area contributed by atoms with Crippen molar-refractivity contribution >= 4 is 18.6 Å². The van der Waals surface area contributed by atoms with Crippen LogP contribution in [0.25, 0.3) is 0 Å². The molecule has 0 aromatic heterocycles. The fraction of sp³-hybridized carbons (Fsp3) is 0.455. The van der Waals surface area contributed by atoms with Gasteiger partial charge in [-0.2, -0.15) is 5.48 Å². The van der Waals surface area contributed by atoms with E-state index >= 15 is 0 Å². The monoisotopic (exact) mass is 212 g/mol. The van der Waals surface area contributed by atoms with Crippen molar-refractivity contribution in [3.8, 4) is 0 Å². The molecule has 0 aliphatic carbocycles. The van der Waals surface area contributed by atoms with Crippen molar-refractivity contribution in [3.05, 3.63) is 27.8 Å².